The summed E-state index contributed by atoms with van der Waals surface area (Å²) >= 11 is 1.40. The van der Waals surface area contributed by atoms with Gasteiger partial charge in [0.2, 0.25) is 11.8 Å². The van der Waals surface area contributed by atoms with Crippen molar-refractivity contribution in [3.63, 3.8) is 0 Å². The van der Waals surface area contributed by atoms with Gasteiger partial charge in [0.1, 0.15) is 0 Å². The van der Waals surface area contributed by atoms with Crippen LogP contribution in [-0.2, 0) is 9.59 Å². The number of rotatable bonds is 4. The molecule has 2 aromatic heterocycles. The van der Waals surface area contributed by atoms with Gasteiger partial charge in [-0.15, -0.1) is 11.3 Å². The van der Waals surface area contributed by atoms with Crippen molar-refractivity contribution in [2.45, 2.75) is 38.1 Å². The molecule has 2 fully saturated rings. The maximum absolute atomic E-state index is 12.5. The average molecular weight is 344 g/mol. The fourth-order valence-corrected chi connectivity index (χ4v) is 4.34. The summed E-state index contributed by atoms with van der Waals surface area (Å²) in [4.78, 5) is 34.2. The molecule has 1 saturated heterocycles. The molecule has 24 heavy (non-hydrogen) atoms. The van der Waals surface area contributed by atoms with Crippen molar-refractivity contribution in [3.05, 3.63) is 23.7 Å². The zero-order valence-electron chi connectivity index (χ0n) is 13.3. The molecule has 6 nitrogen and oxygen atoms in total. The number of carbonyl (C=O) groups is 2. The van der Waals surface area contributed by atoms with Crippen LogP contribution >= 0.6 is 11.3 Å². The van der Waals surface area contributed by atoms with Crippen molar-refractivity contribution < 1.29 is 9.59 Å². The smallest absolute Gasteiger partial charge is 0.231 e. The van der Waals surface area contributed by atoms with Gasteiger partial charge in [-0.3, -0.25) is 9.59 Å². The fraction of sp³-hybridized carbons (Fsp3) is 0.471. The molecule has 2 amide bonds. The van der Waals surface area contributed by atoms with Gasteiger partial charge in [-0.2, -0.15) is 0 Å². The van der Waals surface area contributed by atoms with Crippen LogP contribution in [-0.4, -0.2) is 39.3 Å². The first-order chi connectivity index (χ1) is 11.7. The molecule has 1 aliphatic heterocycles. The Labute approximate surface area is 144 Å². The second-order valence-electron chi connectivity index (χ2n) is 6.50. The number of aromatic nitrogens is 2. The molecule has 1 saturated carbocycles. The van der Waals surface area contributed by atoms with E-state index < -0.39 is 0 Å². The molecule has 1 atom stereocenters. The third-order valence-electron chi connectivity index (χ3n) is 4.90. The van der Waals surface area contributed by atoms with Crippen molar-refractivity contribution in [3.8, 4) is 11.4 Å². The zero-order chi connectivity index (χ0) is 16.5. The third-order valence-corrected chi connectivity index (χ3v) is 5.66. The molecule has 0 spiro atoms. The van der Waals surface area contributed by atoms with Gasteiger partial charge in [0.05, 0.1) is 17.3 Å². The quantitative estimate of drug-likeness (QED) is 0.895. The van der Waals surface area contributed by atoms with Crippen LogP contribution in [0.5, 0.6) is 0 Å². The van der Waals surface area contributed by atoms with E-state index in [2.05, 4.69) is 15.3 Å². The highest BCUT2D eigenvalue weighted by Gasteiger charge is 2.38. The van der Waals surface area contributed by atoms with E-state index in [1.165, 1.54) is 24.2 Å². The molecule has 0 unspecified atom stereocenters. The number of thiazole rings is 1. The summed E-state index contributed by atoms with van der Waals surface area (Å²) in [6.07, 6.45) is 6.68. The van der Waals surface area contributed by atoms with E-state index in [0.717, 1.165) is 24.2 Å². The SMILES string of the molecule is O=C(Nc1nc(-c2ccc[nH]2)cs1)[C@@H]1CC(=O)N(C2CCCC2)C1. The highest BCUT2D eigenvalue weighted by atomic mass is 32.1. The van der Waals surface area contributed by atoms with E-state index in [0.29, 0.717) is 24.1 Å². The number of likely N-dealkylation sites (tertiary alicyclic amines) is 1. The predicted molar refractivity (Wildman–Crippen MR) is 92.6 cm³/mol. The first-order valence-electron chi connectivity index (χ1n) is 8.40. The number of hydrogen-bond donors (Lipinski definition) is 2. The number of H-pyrrole nitrogens is 1. The minimum absolute atomic E-state index is 0.101. The van der Waals surface area contributed by atoms with E-state index >= 15 is 0 Å². The highest BCUT2D eigenvalue weighted by molar-refractivity contribution is 7.14. The molecule has 2 aromatic rings. The molecule has 7 heteroatoms. The maximum Gasteiger partial charge on any atom is 0.231 e. The monoisotopic (exact) mass is 344 g/mol. The number of hydrogen-bond acceptors (Lipinski definition) is 4. The van der Waals surface area contributed by atoms with E-state index in [1.54, 1.807) is 0 Å². The molecule has 4 rings (SSSR count). The third kappa shape index (κ3) is 2.96. The first kappa shape index (κ1) is 15.4. The van der Waals surface area contributed by atoms with E-state index in [1.807, 2.05) is 28.6 Å². The number of aromatic amines is 1. The van der Waals surface area contributed by atoms with Gasteiger partial charge in [-0.1, -0.05) is 12.8 Å². The second kappa shape index (κ2) is 6.39. The normalized spacial score (nSPS) is 21.6. The Hall–Kier alpha value is -2.15. The molecule has 2 aliphatic rings. The summed E-state index contributed by atoms with van der Waals surface area (Å²) in [6, 6.07) is 4.19. The largest absolute Gasteiger partial charge is 0.360 e. The lowest BCUT2D eigenvalue weighted by Crippen LogP contribution is -2.35. The van der Waals surface area contributed by atoms with Crippen molar-refractivity contribution >= 4 is 28.3 Å². The zero-order valence-corrected chi connectivity index (χ0v) is 14.1. The van der Waals surface area contributed by atoms with Gasteiger partial charge in [0.25, 0.3) is 0 Å². The lowest BCUT2D eigenvalue weighted by Gasteiger charge is -2.23. The van der Waals surface area contributed by atoms with Crippen LogP contribution in [0.4, 0.5) is 5.13 Å². The van der Waals surface area contributed by atoms with Crippen LogP contribution in [0.3, 0.4) is 0 Å². The first-order valence-corrected chi connectivity index (χ1v) is 9.28. The molecular formula is C17H20N4O2S. The maximum atomic E-state index is 12.5. The Morgan fingerprint density at radius 2 is 2.21 bits per heavy atom. The number of nitrogens with one attached hydrogen (secondary N) is 2. The topological polar surface area (TPSA) is 78.1 Å². The highest BCUT2D eigenvalue weighted by Crippen LogP contribution is 2.30. The van der Waals surface area contributed by atoms with Gasteiger partial charge in [-0.05, 0) is 25.0 Å². The number of amides is 2. The predicted octanol–water partition coefficient (Wildman–Crippen LogP) is 2.87. The lowest BCUT2D eigenvalue weighted by molar-refractivity contribution is -0.129. The van der Waals surface area contributed by atoms with Crippen LogP contribution in [0, 0.1) is 5.92 Å². The Morgan fingerprint density at radius 1 is 1.38 bits per heavy atom. The molecule has 0 bridgehead atoms. The summed E-state index contributed by atoms with van der Waals surface area (Å²) in [6.45, 7) is 0.546. The summed E-state index contributed by atoms with van der Waals surface area (Å²) in [7, 11) is 0. The van der Waals surface area contributed by atoms with Crippen molar-refractivity contribution in [1.29, 1.82) is 0 Å². The van der Waals surface area contributed by atoms with Gasteiger partial charge >= 0.3 is 0 Å². The molecule has 0 aromatic carbocycles. The van der Waals surface area contributed by atoms with Crippen molar-refractivity contribution in [1.82, 2.24) is 14.9 Å². The summed E-state index contributed by atoms with van der Waals surface area (Å²) in [5, 5.41) is 5.36. The van der Waals surface area contributed by atoms with E-state index in [4.69, 9.17) is 0 Å². The summed E-state index contributed by atoms with van der Waals surface area (Å²) in [5.41, 5.74) is 1.74. The van der Waals surface area contributed by atoms with E-state index in [9.17, 15) is 9.59 Å². The lowest BCUT2D eigenvalue weighted by atomic mass is 10.1. The van der Waals surface area contributed by atoms with Gasteiger partial charge in [0.15, 0.2) is 5.13 Å². The van der Waals surface area contributed by atoms with Crippen molar-refractivity contribution in [2.75, 3.05) is 11.9 Å². The molecule has 1 aliphatic carbocycles. The summed E-state index contributed by atoms with van der Waals surface area (Å²) in [5.74, 6) is -0.250. The van der Waals surface area contributed by atoms with Crippen LogP contribution in [0.2, 0.25) is 0 Å². The second-order valence-corrected chi connectivity index (χ2v) is 7.35. The molecule has 0 radical (unpaired) electrons. The molecule has 3 heterocycles. The van der Waals surface area contributed by atoms with Crippen LogP contribution in [0.25, 0.3) is 11.4 Å². The Balaban J connectivity index is 1.39. The minimum Gasteiger partial charge on any atom is -0.360 e. The molecule has 126 valence electrons. The molecular weight excluding hydrogens is 324 g/mol. The summed E-state index contributed by atoms with van der Waals surface area (Å²) < 4.78 is 0. The minimum atomic E-state index is -0.268. The molecule has 2 N–H and O–H groups in total. The fourth-order valence-electron chi connectivity index (χ4n) is 3.63. The van der Waals surface area contributed by atoms with Gasteiger partial charge < -0.3 is 15.2 Å². The standard InChI is InChI=1S/C17H20N4O2S/c22-15-8-11(9-21(15)12-4-1-2-5-12)16(23)20-17-19-14(10-24-17)13-6-3-7-18-13/h3,6-7,10-12,18H,1-2,4-5,8-9H2,(H,19,20,23)/t11-/m1/s1. The Bertz CT molecular complexity index is 734. The van der Waals surface area contributed by atoms with Gasteiger partial charge in [-0.25, -0.2) is 4.98 Å². The van der Waals surface area contributed by atoms with Crippen LogP contribution in [0.15, 0.2) is 23.7 Å². The number of nitrogens with zero attached hydrogens (tertiary/aromatic N) is 2. The van der Waals surface area contributed by atoms with Gasteiger partial charge in [0, 0.05) is 30.6 Å². The van der Waals surface area contributed by atoms with Crippen LogP contribution < -0.4 is 5.32 Å². The Morgan fingerprint density at radius 3 is 2.96 bits per heavy atom. The van der Waals surface area contributed by atoms with Crippen molar-refractivity contribution in [2.24, 2.45) is 5.92 Å². The Kier molecular flexibility index (Phi) is 4.10. The van der Waals surface area contributed by atoms with Crippen LogP contribution in [0.1, 0.15) is 32.1 Å². The average Bonchev–Trinajstić information content (AvgIpc) is 3.34. The van der Waals surface area contributed by atoms with E-state index in [-0.39, 0.29) is 17.7 Å². The number of anilines is 1. The number of carbonyl (C=O) groups excluding carboxylic acids is 2.